The Bertz CT molecular complexity index is 313. The van der Waals surface area contributed by atoms with E-state index in [0.29, 0.717) is 19.6 Å². The van der Waals surface area contributed by atoms with E-state index in [1.165, 1.54) is 0 Å². The Kier molecular flexibility index (Phi) is 7.14. The minimum atomic E-state index is -3.07. The summed E-state index contributed by atoms with van der Waals surface area (Å²) in [4.78, 5) is 2.22. The first-order chi connectivity index (χ1) is 8.60. The molecule has 0 aliphatic carbocycles. The van der Waals surface area contributed by atoms with Crippen molar-refractivity contribution in [1.29, 1.82) is 0 Å². The number of rotatable bonds is 8. The van der Waals surface area contributed by atoms with E-state index in [1.807, 2.05) is 6.92 Å². The first-order valence-electron chi connectivity index (χ1n) is 7.01. The van der Waals surface area contributed by atoms with E-state index >= 15 is 0 Å². The lowest BCUT2D eigenvalue weighted by Gasteiger charge is -2.28. The van der Waals surface area contributed by atoms with Gasteiger partial charge < -0.3 is 5.32 Å². The van der Waals surface area contributed by atoms with Crippen LogP contribution in [0.3, 0.4) is 0 Å². The standard InChI is InChI=1S/C12H27N3O2S/c1-3-5-8-15(4-2)18(16,17)12-11-14-9-6-13-7-10-14/h13H,3-12H2,1-2H3. The predicted molar refractivity (Wildman–Crippen MR) is 75.3 cm³/mol. The third-order valence-electron chi connectivity index (χ3n) is 3.38. The van der Waals surface area contributed by atoms with E-state index in [2.05, 4.69) is 17.1 Å². The number of unbranched alkanes of at least 4 members (excludes halogenated alkanes) is 1. The fourth-order valence-corrected chi connectivity index (χ4v) is 3.68. The van der Waals surface area contributed by atoms with Crippen molar-refractivity contribution >= 4 is 10.0 Å². The number of nitrogens with one attached hydrogen (secondary N) is 1. The highest BCUT2D eigenvalue weighted by molar-refractivity contribution is 7.89. The Balaban J connectivity index is 2.40. The lowest BCUT2D eigenvalue weighted by molar-refractivity contribution is 0.252. The normalized spacial score (nSPS) is 18.4. The van der Waals surface area contributed by atoms with Crippen LogP contribution in [0.1, 0.15) is 26.7 Å². The highest BCUT2D eigenvalue weighted by Gasteiger charge is 2.21. The van der Waals surface area contributed by atoms with Crippen LogP contribution in [0.15, 0.2) is 0 Å². The summed E-state index contributed by atoms with van der Waals surface area (Å²) in [6, 6.07) is 0. The van der Waals surface area contributed by atoms with Gasteiger partial charge >= 0.3 is 0 Å². The molecule has 0 amide bonds. The molecular formula is C12H27N3O2S. The molecule has 1 fully saturated rings. The molecule has 0 aromatic carbocycles. The van der Waals surface area contributed by atoms with Gasteiger partial charge in [0, 0.05) is 45.8 Å². The molecule has 18 heavy (non-hydrogen) atoms. The molecule has 0 aromatic rings. The van der Waals surface area contributed by atoms with Crippen molar-refractivity contribution < 1.29 is 8.42 Å². The highest BCUT2D eigenvalue weighted by Crippen LogP contribution is 2.05. The second-order valence-electron chi connectivity index (χ2n) is 4.75. The zero-order chi connectivity index (χ0) is 13.4. The summed E-state index contributed by atoms with van der Waals surface area (Å²) >= 11 is 0. The van der Waals surface area contributed by atoms with Crippen LogP contribution in [0.4, 0.5) is 0 Å². The Labute approximate surface area is 112 Å². The van der Waals surface area contributed by atoms with Crippen molar-refractivity contribution in [1.82, 2.24) is 14.5 Å². The maximum absolute atomic E-state index is 12.2. The summed E-state index contributed by atoms with van der Waals surface area (Å²) in [7, 11) is -3.07. The molecule has 1 saturated heterocycles. The topological polar surface area (TPSA) is 52.7 Å². The van der Waals surface area contributed by atoms with Gasteiger partial charge in [-0.2, -0.15) is 0 Å². The van der Waals surface area contributed by atoms with Crippen LogP contribution >= 0.6 is 0 Å². The van der Waals surface area contributed by atoms with Gasteiger partial charge in [-0.1, -0.05) is 20.3 Å². The minimum absolute atomic E-state index is 0.255. The Morgan fingerprint density at radius 1 is 1.22 bits per heavy atom. The summed E-state index contributed by atoms with van der Waals surface area (Å²) in [5, 5.41) is 3.27. The molecule has 6 heteroatoms. The van der Waals surface area contributed by atoms with Gasteiger partial charge in [0.1, 0.15) is 0 Å². The van der Waals surface area contributed by atoms with E-state index in [1.54, 1.807) is 4.31 Å². The van der Waals surface area contributed by atoms with E-state index in [0.717, 1.165) is 39.0 Å². The quantitative estimate of drug-likeness (QED) is 0.695. The first-order valence-corrected chi connectivity index (χ1v) is 8.62. The van der Waals surface area contributed by atoms with E-state index in [-0.39, 0.29) is 5.75 Å². The summed E-state index contributed by atoms with van der Waals surface area (Å²) in [6.45, 7) is 9.75. The first kappa shape index (κ1) is 15.9. The van der Waals surface area contributed by atoms with Crippen LogP contribution in [-0.2, 0) is 10.0 Å². The zero-order valence-electron chi connectivity index (χ0n) is 11.7. The third-order valence-corrected chi connectivity index (χ3v) is 5.31. The molecular weight excluding hydrogens is 250 g/mol. The van der Waals surface area contributed by atoms with Crippen molar-refractivity contribution in [3.8, 4) is 0 Å². The largest absolute Gasteiger partial charge is 0.314 e. The van der Waals surface area contributed by atoms with E-state index in [4.69, 9.17) is 0 Å². The Morgan fingerprint density at radius 3 is 2.44 bits per heavy atom. The second-order valence-corrected chi connectivity index (χ2v) is 6.84. The van der Waals surface area contributed by atoms with Crippen molar-refractivity contribution in [2.75, 3.05) is 51.6 Å². The molecule has 108 valence electrons. The summed E-state index contributed by atoms with van der Waals surface area (Å²) in [5.74, 6) is 0.255. The van der Waals surface area contributed by atoms with Crippen LogP contribution in [0, 0.1) is 0 Å². The molecule has 0 unspecified atom stereocenters. The van der Waals surface area contributed by atoms with Crippen LogP contribution in [-0.4, -0.2) is 69.2 Å². The fourth-order valence-electron chi connectivity index (χ4n) is 2.14. The molecule has 0 spiro atoms. The number of sulfonamides is 1. The summed E-state index contributed by atoms with van der Waals surface area (Å²) in [6.07, 6.45) is 1.98. The zero-order valence-corrected chi connectivity index (χ0v) is 12.5. The molecule has 1 rings (SSSR count). The van der Waals surface area contributed by atoms with Crippen LogP contribution in [0.25, 0.3) is 0 Å². The average Bonchev–Trinajstić information content (AvgIpc) is 2.38. The molecule has 0 bridgehead atoms. The van der Waals surface area contributed by atoms with Crippen LogP contribution in [0.5, 0.6) is 0 Å². The van der Waals surface area contributed by atoms with Gasteiger partial charge in [0.2, 0.25) is 10.0 Å². The Morgan fingerprint density at radius 2 is 1.89 bits per heavy atom. The van der Waals surface area contributed by atoms with Crippen molar-refractivity contribution in [3.63, 3.8) is 0 Å². The van der Waals surface area contributed by atoms with Crippen molar-refractivity contribution in [2.45, 2.75) is 26.7 Å². The van der Waals surface area contributed by atoms with Crippen molar-refractivity contribution in [2.24, 2.45) is 0 Å². The fraction of sp³-hybridized carbons (Fsp3) is 1.00. The molecule has 0 saturated carbocycles. The summed E-state index contributed by atoms with van der Waals surface area (Å²) < 4.78 is 26.0. The molecule has 0 aromatic heterocycles. The molecule has 1 aliphatic heterocycles. The summed E-state index contributed by atoms with van der Waals surface area (Å²) in [5.41, 5.74) is 0. The van der Waals surface area contributed by atoms with Gasteiger partial charge in [-0.3, -0.25) is 4.90 Å². The van der Waals surface area contributed by atoms with E-state index in [9.17, 15) is 8.42 Å². The van der Waals surface area contributed by atoms with Gasteiger partial charge in [-0.15, -0.1) is 0 Å². The van der Waals surface area contributed by atoms with Gasteiger partial charge in [-0.25, -0.2) is 12.7 Å². The van der Waals surface area contributed by atoms with Gasteiger partial charge in [0.25, 0.3) is 0 Å². The number of hydrogen-bond donors (Lipinski definition) is 1. The lowest BCUT2D eigenvalue weighted by Crippen LogP contribution is -2.46. The number of hydrogen-bond acceptors (Lipinski definition) is 4. The second kappa shape index (κ2) is 8.09. The Hall–Kier alpha value is -0.170. The lowest BCUT2D eigenvalue weighted by atomic mass is 10.3. The van der Waals surface area contributed by atoms with Gasteiger partial charge in [-0.05, 0) is 6.42 Å². The smallest absolute Gasteiger partial charge is 0.215 e. The molecule has 5 nitrogen and oxygen atoms in total. The molecule has 0 radical (unpaired) electrons. The third kappa shape index (κ3) is 5.22. The number of piperazine rings is 1. The predicted octanol–water partition coefficient (Wildman–Crippen LogP) is 0.343. The minimum Gasteiger partial charge on any atom is -0.314 e. The van der Waals surface area contributed by atoms with Crippen molar-refractivity contribution in [3.05, 3.63) is 0 Å². The number of nitrogens with zero attached hydrogens (tertiary/aromatic N) is 2. The van der Waals surface area contributed by atoms with Gasteiger partial charge in [0.05, 0.1) is 5.75 Å². The van der Waals surface area contributed by atoms with Crippen LogP contribution < -0.4 is 5.32 Å². The molecule has 1 N–H and O–H groups in total. The maximum Gasteiger partial charge on any atom is 0.215 e. The molecule has 1 aliphatic rings. The molecule has 1 heterocycles. The maximum atomic E-state index is 12.2. The highest BCUT2D eigenvalue weighted by atomic mass is 32.2. The van der Waals surface area contributed by atoms with Gasteiger partial charge in [0.15, 0.2) is 0 Å². The SMILES string of the molecule is CCCCN(CC)S(=O)(=O)CCN1CCNCC1. The average molecular weight is 277 g/mol. The van der Waals surface area contributed by atoms with Crippen LogP contribution in [0.2, 0.25) is 0 Å². The monoisotopic (exact) mass is 277 g/mol. The molecule has 0 atom stereocenters. The van der Waals surface area contributed by atoms with E-state index < -0.39 is 10.0 Å².